The topological polar surface area (TPSA) is 0 Å². The van der Waals surface area contributed by atoms with Gasteiger partial charge in [0.15, 0.2) is 0 Å². The van der Waals surface area contributed by atoms with Crippen LogP contribution in [0.4, 0.5) is 0 Å². The lowest BCUT2D eigenvalue weighted by Crippen LogP contribution is -2.94. The molecule has 0 fully saturated rings. The van der Waals surface area contributed by atoms with Gasteiger partial charge in [-0.15, -0.1) is 0 Å². The van der Waals surface area contributed by atoms with Crippen LogP contribution in [0.1, 0.15) is 0 Å². The van der Waals surface area contributed by atoms with Gasteiger partial charge in [-0.2, -0.15) is 7.06 Å². The van der Waals surface area contributed by atoms with Gasteiger partial charge in [-0.1, -0.05) is 7.74 Å². The van der Waals surface area contributed by atoms with Gasteiger partial charge in [0.05, 0.1) is 0 Å². The van der Waals surface area contributed by atoms with Gasteiger partial charge in [0.1, 0.15) is 0 Å². The molecule has 0 aliphatic rings. The summed E-state index contributed by atoms with van der Waals surface area (Å²) in [6.45, 7) is 0. The molecule has 72 heavy (non-hydrogen) atoms. The molecule has 72 heteroatoms. The van der Waals surface area contributed by atoms with Crippen molar-refractivity contribution < 1.29 is 0 Å². The maximum absolute atomic E-state index is 7.17. The molecular formula is H3B72-. The molecule has 0 bridgehead atoms. The van der Waals surface area contributed by atoms with E-state index in [0.717, 1.165) is 0 Å². The van der Waals surface area contributed by atoms with E-state index in [2.05, 4.69) is 0 Å². The zero-order chi connectivity index (χ0) is 57.0. The second-order valence-electron chi connectivity index (χ2n) is 19.8. The van der Waals surface area contributed by atoms with E-state index in [-0.39, 0.29) is 0 Å². The van der Waals surface area contributed by atoms with Crippen LogP contribution >= 0.6 is 0 Å². The predicted octanol–water partition coefficient (Wildman–Crippen LogP) is -28.2. The molecule has 0 aliphatic carbocycles. The Morgan fingerprint density at radius 2 is 0.292 bits per heavy atom. The molecule has 0 unspecified atom stereocenters. The van der Waals surface area contributed by atoms with Crippen LogP contribution in [0.2, 0.25) is 0 Å². The van der Waals surface area contributed by atoms with E-state index in [1.807, 2.05) is 7.06 Å². The Labute approximate surface area is 505 Å². The van der Waals surface area contributed by atoms with Crippen molar-refractivity contribution in [3.05, 3.63) is 0 Å². The van der Waals surface area contributed by atoms with Crippen molar-refractivity contribution >= 4 is 510 Å². The Morgan fingerprint density at radius 3 is 0.417 bits per heavy atom. The van der Waals surface area contributed by atoms with Crippen LogP contribution in [0.15, 0.2) is 0 Å². The zero-order valence-corrected chi connectivity index (χ0v) is 41.0. The van der Waals surface area contributed by atoms with Gasteiger partial charge in [0.2, 0.25) is 0 Å². The number of rotatable bonds is 35. The molecule has 0 aromatic heterocycles. The lowest BCUT2D eigenvalue weighted by atomic mass is 8.25. The van der Waals surface area contributed by atoms with Crippen molar-refractivity contribution in [3.8, 4) is 0 Å². The highest BCUT2D eigenvalue weighted by Crippen LogP contribution is 2.22. The SMILES string of the molecule is [B]B([B])B(B([B])[B])B(B([B]B(B(B(B([B])[B])B([B])[B])B(B([B])[B])B([B])[B])B(B(B([B])[B])B([B])[B][BH3-])B(B(B([B])[B])B([B])[B])B(B([B])[B])B([B])[B])B(B(B([B])[B])B([B])[B])B(B([B])[B])B([B])[B])B(B([B])[B])B([B])[B]. The summed E-state index contributed by atoms with van der Waals surface area (Å²) in [7, 11) is 238. The van der Waals surface area contributed by atoms with E-state index in [4.69, 9.17) is 271 Å². The third kappa shape index (κ3) is 21.1. The van der Waals surface area contributed by atoms with Crippen molar-refractivity contribution in [2.24, 2.45) is 0 Å². The summed E-state index contributed by atoms with van der Waals surface area (Å²) < 4.78 is 0. The van der Waals surface area contributed by atoms with Crippen molar-refractivity contribution in [1.29, 1.82) is 0 Å². The third-order valence-electron chi connectivity index (χ3n) is 14.7. The molecule has 0 amide bonds. The van der Waals surface area contributed by atoms with Gasteiger partial charge < -0.3 is 0 Å². The van der Waals surface area contributed by atoms with Crippen LogP contribution in [-0.2, 0) is 0 Å². The highest BCUT2D eigenvalue weighted by molar-refractivity contribution is 8.36. The van der Waals surface area contributed by atoms with E-state index < -0.39 is 225 Å². The zero-order valence-electron chi connectivity index (χ0n) is 41.0. The van der Waals surface area contributed by atoms with Gasteiger partial charge in [-0.25, -0.2) is 0 Å². The molecule has 0 rings (SSSR count). The van der Waals surface area contributed by atoms with Crippen molar-refractivity contribution in [3.63, 3.8) is 0 Å². The van der Waals surface area contributed by atoms with Crippen LogP contribution < -0.4 is 0 Å². The first-order chi connectivity index (χ1) is 32.8. The summed E-state index contributed by atoms with van der Waals surface area (Å²) in [4.78, 5) is 0. The Bertz CT molecular complexity index is 1170. The molecular weight excluding hydrogens is 778 g/mol. The van der Waals surface area contributed by atoms with Crippen LogP contribution in [0, 0.1) is 0 Å². The highest BCUT2D eigenvalue weighted by atomic mass is 13.4. The first-order valence-electron chi connectivity index (χ1n) is 23.3. The van der Waals surface area contributed by atoms with E-state index >= 15 is 0 Å². The smallest absolute Gasteiger partial charge is 0 e. The lowest BCUT2D eigenvalue weighted by molar-refractivity contribution is 3.19. The Hall–Kier alpha value is 4.68. The Kier molecular flexibility index (Phi) is 38.1. The average Bonchev–Trinajstić information content (AvgIpc) is 3.17. The molecule has 0 saturated heterocycles. The monoisotopic (exact) mass is 796 g/mol. The van der Waals surface area contributed by atoms with Gasteiger partial charge in [-0.3, -0.25) is 0 Å². The van der Waals surface area contributed by atoms with E-state index in [9.17, 15) is 0 Å². The highest BCUT2D eigenvalue weighted by Gasteiger charge is 2.60. The lowest BCUT2D eigenvalue weighted by Gasteiger charge is -2.56. The van der Waals surface area contributed by atoms with Crippen LogP contribution in [0.5, 0.6) is 0 Å². The Morgan fingerprint density at radius 1 is 0.167 bits per heavy atom. The molecule has 0 atom stereocenters. The van der Waals surface area contributed by atoms with E-state index in [1.54, 1.807) is 7.06 Å². The summed E-state index contributed by atoms with van der Waals surface area (Å²) >= 11 is 0. The average molecular weight is 781 g/mol. The number of hydrogen-bond acceptors (Lipinski definition) is 0. The van der Waals surface area contributed by atoms with E-state index in [0.29, 0.717) is 0 Å². The summed E-state index contributed by atoms with van der Waals surface area (Å²) in [5, 5.41) is 0. The number of hydrogen-bond donors (Lipinski definition) is 0. The van der Waals surface area contributed by atoms with Gasteiger partial charge >= 0.3 is 0 Å². The molecule has 0 spiro atoms. The largest absolute Gasteiger partial charge is 0.158 e. The Balaban J connectivity index is 11.1. The predicted molar refractivity (Wildman–Crippen MR) is 418 cm³/mol. The minimum absolute atomic E-state index is 0.714. The van der Waals surface area contributed by atoms with Crippen LogP contribution in [-0.4, -0.2) is 510 Å². The second-order valence-corrected chi connectivity index (χ2v) is 19.8. The maximum atomic E-state index is 7.17. The van der Waals surface area contributed by atoms with Crippen molar-refractivity contribution in [2.45, 2.75) is 0 Å². The molecule has 0 aromatic rings. The second kappa shape index (κ2) is 35.7. The summed E-state index contributed by atoms with van der Waals surface area (Å²) in [6.07, 6.45) is -47.5. The quantitative estimate of drug-likeness (QED) is 0.0562. The molecule has 220 valence electrons. The first kappa shape index (κ1) is 76.7. The molecule has 72 radical (unpaired) electrons. The minimum atomic E-state index is -1.49. The fraction of sp³-hybridized carbons (Fsp3) is 0. The molecule has 0 nitrogen and oxygen atoms in total. The van der Waals surface area contributed by atoms with Crippen molar-refractivity contribution in [2.75, 3.05) is 0 Å². The maximum Gasteiger partial charge on any atom is 0 e. The molecule has 0 heterocycles. The van der Waals surface area contributed by atoms with Crippen LogP contribution in [0.3, 0.4) is 0 Å². The first-order valence-corrected chi connectivity index (χ1v) is 23.3. The fourth-order valence-corrected chi connectivity index (χ4v) is 12.1. The van der Waals surface area contributed by atoms with Gasteiger partial charge in [0, 0.05) is 175 Å². The summed E-state index contributed by atoms with van der Waals surface area (Å²) in [5.74, 6) is 0. The van der Waals surface area contributed by atoms with Crippen LogP contribution in [0.25, 0.3) is 0 Å². The van der Waals surface area contributed by atoms with Gasteiger partial charge in [-0.05, 0) is 320 Å². The molecule has 0 N–H and O–H groups in total. The molecule has 0 aromatic carbocycles. The summed E-state index contributed by atoms with van der Waals surface area (Å²) in [6, 6.07) is 0. The normalized spacial score (nSPS) is 9.74. The third-order valence-corrected chi connectivity index (χ3v) is 14.7. The standard InChI is InChI=1S/B72H3/c1-37-56(36)67(55(34)35)71(72(65(51(26)27)52(28)29)66(53(30)31)54(32)33)58(70(63(47(18)19)48(20)21)64(49(22)23)50(24)25)38-57(68(59(39(2)3)40(4)5)60(41(6)7)42(8)9)69(61(43(10)11)44(12)13)62(45(14)15)46(16)17/h1H3/q-1. The summed E-state index contributed by atoms with van der Waals surface area (Å²) in [5.41, 5.74) is 0. The van der Waals surface area contributed by atoms with Crippen molar-refractivity contribution in [1.82, 2.24) is 0 Å². The molecule has 0 aliphatic heterocycles. The van der Waals surface area contributed by atoms with E-state index in [1.165, 1.54) is 0 Å². The molecule has 0 saturated carbocycles. The van der Waals surface area contributed by atoms with Gasteiger partial charge in [0.25, 0.3) is 0 Å². The fourth-order valence-electron chi connectivity index (χ4n) is 12.1. The minimum Gasteiger partial charge on any atom is -0.158 e.